The summed E-state index contributed by atoms with van der Waals surface area (Å²) >= 11 is 0. The van der Waals surface area contributed by atoms with Gasteiger partial charge in [-0.1, -0.05) is 182 Å². The molecule has 0 spiro atoms. The monoisotopic (exact) mass is 884 g/mol. The summed E-state index contributed by atoms with van der Waals surface area (Å²) in [7, 11) is 0. The predicted octanol–water partition coefficient (Wildman–Crippen LogP) is 18.8. The fraction of sp³-hybridized carbons (Fsp3) is 0. The normalized spacial score (nSPS) is 11.8. The molecule has 0 aliphatic carbocycles. The summed E-state index contributed by atoms with van der Waals surface area (Å²) in [6, 6.07) is 85.2. The lowest BCUT2D eigenvalue weighted by Gasteiger charge is -2.27. The number of nitrogens with zero attached hydrogens (tertiary/aromatic N) is 2. The Balaban J connectivity index is 0.974. The van der Waals surface area contributed by atoms with E-state index in [9.17, 15) is 0 Å². The number of benzene rings is 11. The molecule has 324 valence electrons. The summed E-state index contributed by atoms with van der Waals surface area (Å²) in [6.07, 6.45) is 0. The number of hydrogen-bond donors (Lipinski definition) is 0. The molecule has 3 aromatic heterocycles. The number of para-hydroxylation sites is 6. The molecule has 5 nitrogen and oxygen atoms in total. The Morgan fingerprint density at radius 1 is 0.246 bits per heavy atom. The molecule has 14 aromatic rings. The van der Waals surface area contributed by atoms with Crippen molar-refractivity contribution in [2.24, 2.45) is 0 Å². The summed E-state index contributed by atoms with van der Waals surface area (Å²) in [4.78, 5) is 4.62. The lowest BCUT2D eigenvalue weighted by Crippen LogP contribution is -2.10. The lowest BCUT2D eigenvalue weighted by molar-refractivity contribution is 0.668. The van der Waals surface area contributed by atoms with E-state index in [-0.39, 0.29) is 0 Å². The van der Waals surface area contributed by atoms with E-state index < -0.39 is 0 Å². The molecule has 14 rings (SSSR count). The van der Waals surface area contributed by atoms with Crippen LogP contribution in [-0.2, 0) is 0 Å². The smallest absolute Gasteiger partial charge is 0.159 e. The van der Waals surface area contributed by atoms with Crippen LogP contribution in [0.3, 0.4) is 0 Å². The van der Waals surface area contributed by atoms with Crippen LogP contribution in [0.15, 0.2) is 256 Å². The molecular formula is C64H40N2O3. The molecule has 0 N–H and O–H groups in total. The largest absolute Gasteiger partial charge is 0.456 e. The predicted molar refractivity (Wildman–Crippen MR) is 286 cm³/mol. The van der Waals surface area contributed by atoms with Gasteiger partial charge in [0.05, 0.1) is 17.1 Å². The van der Waals surface area contributed by atoms with Crippen molar-refractivity contribution in [3.05, 3.63) is 243 Å². The van der Waals surface area contributed by atoms with Crippen LogP contribution in [0.5, 0.6) is 0 Å². The first-order chi connectivity index (χ1) is 34.2. The third-order valence-corrected chi connectivity index (χ3v) is 13.6. The van der Waals surface area contributed by atoms with Crippen molar-refractivity contribution >= 4 is 111 Å². The Labute approximate surface area is 396 Å². The Morgan fingerprint density at radius 3 is 1.26 bits per heavy atom. The summed E-state index contributed by atoms with van der Waals surface area (Å²) in [6.45, 7) is 0. The first-order valence-electron chi connectivity index (χ1n) is 23.3. The van der Waals surface area contributed by atoms with Crippen LogP contribution in [0.2, 0.25) is 0 Å². The summed E-state index contributed by atoms with van der Waals surface area (Å²) in [5.41, 5.74) is 15.2. The van der Waals surface area contributed by atoms with Crippen molar-refractivity contribution in [2.75, 3.05) is 9.80 Å². The second kappa shape index (κ2) is 15.7. The highest BCUT2D eigenvalue weighted by Gasteiger charge is 2.26. The quantitative estimate of drug-likeness (QED) is 0.152. The molecule has 0 atom stereocenters. The maximum absolute atomic E-state index is 7.04. The van der Waals surface area contributed by atoms with E-state index in [1.165, 1.54) is 0 Å². The van der Waals surface area contributed by atoms with E-state index in [0.717, 1.165) is 133 Å². The zero-order valence-electron chi connectivity index (χ0n) is 37.2. The zero-order valence-corrected chi connectivity index (χ0v) is 37.2. The van der Waals surface area contributed by atoms with Crippen LogP contribution in [0, 0.1) is 0 Å². The molecule has 0 bridgehead atoms. The van der Waals surface area contributed by atoms with E-state index in [4.69, 9.17) is 13.3 Å². The molecule has 5 heteroatoms. The van der Waals surface area contributed by atoms with Gasteiger partial charge in [0.15, 0.2) is 11.2 Å². The van der Waals surface area contributed by atoms with Crippen molar-refractivity contribution in [1.82, 2.24) is 0 Å². The molecule has 69 heavy (non-hydrogen) atoms. The highest BCUT2D eigenvalue weighted by atomic mass is 16.3. The minimum Gasteiger partial charge on any atom is -0.456 e. The van der Waals surface area contributed by atoms with Gasteiger partial charge in [0.2, 0.25) is 0 Å². The maximum atomic E-state index is 7.04. The molecule has 0 aliphatic rings. The molecular weight excluding hydrogens is 845 g/mol. The van der Waals surface area contributed by atoms with E-state index in [1.54, 1.807) is 0 Å². The van der Waals surface area contributed by atoms with E-state index >= 15 is 0 Å². The topological polar surface area (TPSA) is 45.9 Å². The molecule has 0 amide bonds. The van der Waals surface area contributed by atoms with Gasteiger partial charge in [-0.15, -0.1) is 0 Å². The SMILES string of the molecule is c1ccc(-c2cccc3c2oc2c(N(c4ccccc4)c4ccc5oc6cc(N(c7ccccc7)c7cccc8c7oc7c(-c9ccccc9)cccc78)c7ccccc7c6c5c4)cccc23)cc1. The van der Waals surface area contributed by atoms with Gasteiger partial charge in [0.1, 0.15) is 22.3 Å². The Hall–Kier alpha value is -9.32. The van der Waals surface area contributed by atoms with Crippen LogP contribution in [0.25, 0.3) is 98.8 Å². The number of rotatable bonds is 8. The molecule has 0 aliphatic heterocycles. The van der Waals surface area contributed by atoms with Gasteiger partial charge in [-0.05, 0) is 71.1 Å². The highest BCUT2D eigenvalue weighted by molar-refractivity contribution is 6.24. The van der Waals surface area contributed by atoms with Crippen LogP contribution < -0.4 is 9.80 Å². The summed E-state index contributed by atoms with van der Waals surface area (Å²) < 4.78 is 21.0. The summed E-state index contributed by atoms with van der Waals surface area (Å²) in [5.74, 6) is 0. The average Bonchev–Trinajstić information content (AvgIpc) is 4.12. The number of anilines is 6. The standard InChI is InChI=1S/C64H40N2O3/c1-5-19-41(20-6-1)46-29-15-31-50-52-33-17-35-55(63(52)68-61(46)50)65(43-23-9-3-10-24-43)45-37-38-58-54(39-45)60-49-28-14-13-27-48(49)57(40-59(60)67-58)66(44-25-11-4-12-26-44)56-36-18-34-53-51-32-16-30-47(62(51)69-64(53)56)42-21-7-2-8-22-42/h1-40H. The van der Waals surface area contributed by atoms with Gasteiger partial charge in [0.25, 0.3) is 0 Å². The lowest BCUT2D eigenvalue weighted by atomic mass is 10.00. The van der Waals surface area contributed by atoms with Crippen molar-refractivity contribution in [3.63, 3.8) is 0 Å². The molecule has 0 saturated heterocycles. The molecule has 0 fully saturated rings. The molecule has 3 heterocycles. The number of fused-ring (bicyclic) bond motifs is 11. The van der Waals surface area contributed by atoms with Gasteiger partial charge in [-0.25, -0.2) is 0 Å². The van der Waals surface area contributed by atoms with Crippen molar-refractivity contribution < 1.29 is 13.3 Å². The van der Waals surface area contributed by atoms with Crippen molar-refractivity contribution in [1.29, 1.82) is 0 Å². The van der Waals surface area contributed by atoms with Crippen LogP contribution >= 0.6 is 0 Å². The third-order valence-electron chi connectivity index (χ3n) is 13.6. The Morgan fingerprint density at radius 2 is 0.696 bits per heavy atom. The van der Waals surface area contributed by atoms with Crippen molar-refractivity contribution in [2.45, 2.75) is 0 Å². The highest BCUT2D eigenvalue weighted by Crippen LogP contribution is 2.50. The second-order valence-corrected chi connectivity index (χ2v) is 17.5. The van der Waals surface area contributed by atoms with E-state index in [2.05, 4.69) is 240 Å². The Kier molecular flexibility index (Phi) is 8.83. The fourth-order valence-electron chi connectivity index (χ4n) is 10.6. The first kappa shape index (κ1) is 38.9. The van der Waals surface area contributed by atoms with Gasteiger partial charge in [-0.3, -0.25) is 0 Å². The fourth-order valence-corrected chi connectivity index (χ4v) is 10.6. The van der Waals surface area contributed by atoms with Gasteiger partial charge < -0.3 is 23.1 Å². The molecule has 0 radical (unpaired) electrons. The van der Waals surface area contributed by atoms with Gasteiger partial charge in [0, 0.05) is 72.0 Å². The minimum atomic E-state index is 0.791. The average molecular weight is 885 g/mol. The van der Waals surface area contributed by atoms with Crippen LogP contribution in [-0.4, -0.2) is 0 Å². The van der Waals surface area contributed by atoms with Crippen molar-refractivity contribution in [3.8, 4) is 22.3 Å². The van der Waals surface area contributed by atoms with E-state index in [1.807, 2.05) is 12.1 Å². The number of hydrogen-bond acceptors (Lipinski definition) is 5. The second-order valence-electron chi connectivity index (χ2n) is 17.5. The Bertz CT molecular complexity index is 4250. The summed E-state index contributed by atoms with van der Waals surface area (Å²) in [5, 5.41) is 8.52. The minimum absolute atomic E-state index is 0.791. The van der Waals surface area contributed by atoms with Crippen LogP contribution in [0.4, 0.5) is 34.1 Å². The molecule has 0 unspecified atom stereocenters. The van der Waals surface area contributed by atoms with Gasteiger partial charge >= 0.3 is 0 Å². The maximum Gasteiger partial charge on any atom is 0.159 e. The van der Waals surface area contributed by atoms with E-state index in [0.29, 0.717) is 0 Å². The zero-order chi connectivity index (χ0) is 45.4. The molecule has 0 saturated carbocycles. The van der Waals surface area contributed by atoms with Crippen LogP contribution in [0.1, 0.15) is 0 Å². The third kappa shape index (κ3) is 6.18. The first-order valence-corrected chi connectivity index (χ1v) is 23.3. The molecule has 11 aromatic carbocycles. The number of furan rings is 3. The van der Waals surface area contributed by atoms with Gasteiger partial charge in [-0.2, -0.15) is 0 Å².